The number of hydrogen-bond donors (Lipinski definition) is 2. The average molecular weight is 458 g/mol. The van der Waals surface area contributed by atoms with E-state index in [1.54, 1.807) is 16.8 Å². The lowest BCUT2D eigenvalue weighted by Crippen LogP contribution is -2.42. The second kappa shape index (κ2) is 9.61. The SMILES string of the molecule is Cl.Fc1cnc(Nc2ccc(CN3CCNCC3)cn2)nc1-c1ccc2scnc2c1. The van der Waals surface area contributed by atoms with Gasteiger partial charge in [-0.25, -0.2) is 24.3 Å². The maximum atomic E-state index is 14.4. The molecule has 3 aromatic heterocycles. The molecule has 0 radical (unpaired) electrons. The Morgan fingerprint density at radius 1 is 1.06 bits per heavy atom. The van der Waals surface area contributed by atoms with E-state index < -0.39 is 5.82 Å². The van der Waals surface area contributed by atoms with Crippen LogP contribution < -0.4 is 10.6 Å². The van der Waals surface area contributed by atoms with Crippen LogP contribution in [0, 0.1) is 5.82 Å². The molecular formula is C21H21ClFN7S. The monoisotopic (exact) mass is 457 g/mol. The summed E-state index contributed by atoms with van der Waals surface area (Å²) in [7, 11) is 0. The van der Waals surface area contributed by atoms with Crippen LogP contribution in [-0.2, 0) is 6.54 Å². The van der Waals surface area contributed by atoms with Crippen LogP contribution in [0.2, 0.25) is 0 Å². The van der Waals surface area contributed by atoms with Crippen molar-refractivity contribution < 1.29 is 4.39 Å². The third kappa shape index (κ3) is 4.96. The lowest BCUT2D eigenvalue weighted by atomic mass is 10.1. The number of pyridine rings is 1. The van der Waals surface area contributed by atoms with E-state index in [2.05, 4.69) is 35.5 Å². The van der Waals surface area contributed by atoms with Gasteiger partial charge in [0.15, 0.2) is 5.82 Å². The molecule has 0 bridgehead atoms. The minimum absolute atomic E-state index is 0. The fraction of sp³-hybridized carbons (Fsp3) is 0.238. The van der Waals surface area contributed by atoms with E-state index in [1.807, 2.05) is 36.5 Å². The molecular weight excluding hydrogens is 437 g/mol. The fourth-order valence-corrected chi connectivity index (χ4v) is 4.13. The van der Waals surface area contributed by atoms with Gasteiger partial charge in [-0.05, 0) is 23.8 Å². The van der Waals surface area contributed by atoms with Crippen LogP contribution in [0.1, 0.15) is 5.56 Å². The lowest BCUT2D eigenvalue weighted by Gasteiger charge is -2.27. The van der Waals surface area contributed by atoms with Crippen LogP contribution in [0.4, 0.5) is 16.2 Å². The molecule has 4 aromatic rings. The third-order valence-corrected chi connectivity index (χ3v) is 5.84. The molecule has 1 fully saturated rings. The first-order valence-electron chi connectivity index (χ1n) is 9.76. The molecule has 160 valence electrons. The van der Waals surface area contributed by atoms with E-state index in [0.717, 1.165) is 48.5 Å². The molecule has 7 nitrogen and oxygen atoms in total. The Hall–Kier alpha value is -2.72. The standard InChI is InChI=1S/C21H20FN7S.ClH/c22-16-11-25-21(28-20(16)15-2-3-18-17(9-15)26-13-30-18)27-19-4-1-14(10-24-19)12-29-7-5-23-6-8-29;/h1-4,9-11,13,23H,5-8,12H2,(H,24,25,27,28);1H. The molecule has 0 spiro atoms. The van der Waals surface area contributed by atoms with Gasteiger partial charge in [0, 0.05) is 44.5 Å². The largest absolute Gasteiger partial charge is 0.314 e. The Kier molecular flexibility index (Phi) is 6.67. The van der Waals surface area contributed by atoms with Gasteiger partial charge in [-0.2, -0.15) is 0 Å². The second-order valence-corrected chi connectivity index (χ2v) is 8.01. The molecule has 31 heavy (non-hydrogen) atoms. The highest BCUT2D eigenvalue weighted by Crippen LogP contribution is 2.27. The van der Waals surface area contributed by atoms with Crippen molar-refractivity contribution in [3.8, 4) is 11.3 Å². The van der Waals surface area contributed by atoms with Crippen LogP contribution in [0.15, 0.2) is 48.2 Å². The first kappa shape index (κ1) is 21.5. The number of thiazole rings is 1. The number of nitrogens with one attached hydrogen (secondary N) is 2. The molecule has 4 heterocycles. The van der Waals surface area contributed by atoms with Crippen molar-refractivity contribution in [3.63, 3.8) is 0 Å². The van der Waals surface area contributed by atoms with Gasteiger partial charge >= 0.3 is 0 Å². The molecule has 0 unspecified atom stereocenters. The van der Waals surface area contributed by atoms with Crippen LogP contribution in [-0.4, -0.2) is 51.0 Å². The highest BCUT2D eigenvalue weighted by molar-refractivity contribution is 7.16. The van der Waals surface area contributed by atoms with Gasteiger partial charge in [-0.3, -0.25) is 4.90 Å². The summed E-state index contributed by atoms with van der Waals surface area (Å²) in [5.74, 6) is 0.438. The van der Waals surface area contributed by atoms with Crippen LogP contribution in [0.25, 0.3) is 21.5 Å². The van der Waals surface area contributed by atoms with Crippen LogP contribution in [0.3, 0.4) is 0 Å². The number of piperazine rings is 1. The van der Waals surface area contributed by atoms with E-state index in [0.29, 0.717) is 17.3 Å². The van der Waals surface area contributed by atoms with Crippen molar-refractivity contribution >= 4 is 45.7 Å². The normalized spacial score (nSPS) is 14.4. The minimum atomic E-state index is -0.477. The van der Waals surface area contributed by atoms with Gasteiger partial charge in [-0.15, -0.1) is 23.7 Å². The first-order chi connectivity index (χ1) is 14.7. The smallest absolute Gasteiger partial charge is 0.229 e. The third-order valence-electron chi connectivity index (χ3n) is 5.03. The number of nitrogens with zero attached hydrogens (tertiary/aromatic N) is 5. The zero-order valence-electron chi connectivity index (χ0n) is 16.6. The summed E-state index contributed by atoms with van der Waals surface area (Å²) in [6, 6.07) is 9.54. The predicted octanol–water partition coefficient (Wildman–Crippen LogP) is 3.86. The number of fused-ring (bicyclic) bond motifs is 1. The number of rotatable bonds is 5. The molecule has 10 heteroatoms. The summed E-state index contributed by atoms with van der Waals surface area (Å²) in [6.07, 6.45) is 3.03. The topological polar surface area (TPSA) is 78.9 Å². The Balaban J connectivity index is 0.00000231. The van der Waals surface area contributed by atoms with Gasteiger partial charge in [0.2, 0.25) is 5.95 Å². The summed E-state index contributed by atoms with van der Waals surface area (Å²) in [5.41, 5.74) is 4.65. The zero-order valence-corrected chi connectivity index (χ0v) is 18.2. The molecule has 0 atom stereocenters. The Morgan fingerprint density at radius 3 is 2.74 bits per heavy atom. The van der Waals surface area contributed by atoms with E-state index >= 15 is 0 Å². The van der Waals surface area contributed by atoms with Crippen molar-refractivity contribution in [3.05, 3.63) is 59.6 Å². The summed E-state index contributed by atoms with van der Waals surface area (Å²) in [4.78, 5) is 19.6. The summed E-state index contributed by atoms with van der Waals surface area (Å²) in [5, 5.41) is 6.42. The number of anilines is 2. The van der Waals surface area contributed by atoms with E-state index in [-0.39, 0.29) is 18.1 Å². The van der Waals surface area contributed by atoms with Crippen molar-refractivity contribution in [1.29, 1.82) is 0 Å². The number of hydrogen-bond acceptors (Lipinski definition) is 8. The van der Waals surface area contributed by atoms with Crippen molar-refractivity contribution in [2.24, 2.45) is 0 Å². The maximum absolute atomic E-state index is 14.4. The van der Waals surface area contributed by atoms with Gasteiger partial charge in [-0.1, -0.05) is 12.1 Å². The first-order valence-corrected chi connectivity index (χ1v) is 10.6. The van der Waals surface area contributed by atoms with Crippen LogP contribution in [0.5, 0.6) is 0 Å². The second-order valence-electron chi connectivity index (χ2n) is 7.13. The fourth-order valence-electron chi connectivity index (χ4n) is 3.47. The van der Waals surface area contributed by atoms with E-state index in [4.69, 9.17) is 0 Å². The highest BCUT2D eigenvalue weighted by Gasteiger charge is 2.13. The quantitative estimate of drug-likeness (QED) is 0.471. The van der Waals surface area contributed by atoms with Gasteiger partial charge in [0.25, 0.3) is 0 Å². The molecule has 2 N–H and O–H groups in total. The lowest BCUT2D eigenvalue weighted by molar-refractivity contribution is 0.233. The van der Waals surface area contributed by atoms with Crippen molar-refractivity contribution in [2.75, 3.05) is 31.5 Å². The Morgan fingerprint density at radius 2 is 1.94 bits per heavy atom. The predicted molar refractivity (Wildman–Crippen MR) is 124 cm³/mol. The summed E-state index contributed by atoms with van der Waals surface area (Å²) in [6.45, 7) is 5.00. The Bertz CT molecular complexity index is 1160. The van der Waals surface area contributed by atoms with Gasteiger partial charge in [0.1, 0.15) is 11.5 Å². The highest BCUT2D eigenvalue weighted by atomic mass is 35.5. The molecule has 1 aliphatic rings. The van der Waals surface area contributed by atoms with Crippen molar-refractivity contribution in [2.45, 2.75) is 6.54 Å². The molecule has 0 amide bonds. The van der Waals surface area contributed by atoms with E-state index in [1.165, 1.54) is 6.20 Å². The van der Waals surface area contributed by atoms with Gasteiger partial charge < -0.3 is 10.6 Å². The number of benzene rings is 1. The van der Waals surface area contributed by atoms with E-state index in [9.17, 15) is 4.39 Å². The van der Waals surface area contributed by atoms with Crippen molar-refractivity contribution in [1.82, 2.24) is 30.2 Å². The minimum Gasteiger partial charge on any atom is -0.314 e. The molecule has 0 saturated carbocycles. The summed E-state index contributed by atoms with van der Waals surface area (Å²) >= 11 is 1.55. The summed E-state index contributed by atoms with van der Waals surface area (Å²) < 4.78 is 15.5. The average Bonchev–Trinajstić information content (AvgIpc) is 3.25. The number of halogens is 2. The van der Waals surface area contributed by atoms with Crippen LogP contribution >= 0.6 is 23.7 Å². The molecule has 5 rings (SSSR count). The zero-order chi connectivity index (χ0) is 20.3. The molecule has 1 aromatic carbocycles. The maximum Gasteiger partial charge on any atom is 0.229 e. The van der Waals surface area contributed by atoms with Gasteiger partial charge in [0.05, 0.1) is 21.9 Å². The molecule has 1 saturated heterocycles. The Labute approximate surface area is 189 Å². The molecule has 1 aliphatic heterocycles. The molecule has 0 aliphatic carbocycles. The number of aromatic nitrogens is 4.